The normalized spacial score (nSPS) is 13.5. The van der Waals surface area contributed by atoms with Crippen molar-refractivity contribution in [1.82, 2.24) is 0 Å². The SMILES string of the molecule is C=CCN1[C]N(Cc2ccccc2)c2ccccc21. The van der Waals surface area contributed by atoms with Gasteiger partial charge in [-0.15, -0.1) is 6.58 Å². The van der Waals surface area contributed by atoms with E-state index in [0.29, 0.717) is 0 Å². The third-order valence-electron chi connectivity index (χ3n) is 3.20. The molecule has 1 aliphatic rings. The fourth-order valence-corrected chi connectivity index (χ4v) is 2.33. The average molecular weight is 248 g/mol. The highest BCUT2D eigenvalue weighted by Crippen LogP contribution is 2.38. The quantitative estimate of drug-likeness (QED) is 0.761. The number of benzene rings is 2. The van der Waals surface area contributed by atoms with E-state index >= 15 is 0 Å². The molecule has 1 aliphatic heterocycles. The third kappa shape index (κ3) is 2.34. The maximum atomic E-state index is 3.81. The molecule has 0 amide bonds. The van der Waals surface area contributed by atoms with Crippen molar-refractivity contribution < 1.29 is 0 Å². The van der Waals surface area contributed by atoms with Gasteiger partial charge in [0.2, 0.25) is 6.67 Å². The van der Waals surface area contributed by atoms with Gasteiger partial charge in [-0.2, -0.15) is 0 Å². The Hall–Kier alpha value is -2.22. The minimum atomic E-state index is 0.780. The number of fused-ring (bicyclic) bond motifs is 1. The van der Waals surface area contributed by atoms with E-state index in [-0.39, 0.29) is 0 Å². The van der Waals surface area contributed by atoms with E-state index in [0.717, 1.165) is 13.1 Å². The molecular weight excluding hydrogens is 232 g/mol. The Bertz CT molecular complexity index is 562. The van der Waals surface area contributed by atoms with E-state index in [1.165, 1.54) is 16.9 Å². The van der Waals surface area contributed by atoms with Crippen LogP contribution >= 0.6 is 0 Å². The molecule has 1 heterocycles. The van der Waals surface area contributed by atoms with E-state index in [2.05, 4.69) is 71.6 Å². The minimum absolute atomic E-state index is 0.780. The summed E-state index contributed by atoms with van der Waals surface area (Å²) in [7, 11) is 0. The minimum Gasteiger partial charge on any atom is -0.336 e. The second-order valence-electron chi connectivity index (χ2n) is 4.56. The lowest BCUT2D eigenvalue weighted by molar-refractivity contribution is 0.886. The van der Waals surface area contributed by atoms with Gasteiger partial charge in [-0.1, -0.05) is 48.5 Å². The molecule has 0 atom stereocenters. The molecule has 94 valence electrons. The Balaban J connectivity index is 1.86. The molecule has 2 aromatic rings. The van der Waals surface area contributed by atoms with Crippen LogP contribution in [0.5, 0.6) is 0 Å². The molecule has 0 saturated carbocycles. The van der Waals surface area contributed by atoms with Gasteiger partial charge >= 0.3 is 0 Å². The highest BCUT2D eigenvalue weighted by molar-refractivity contribution is 5.78. The summed E-state index contributed by atoms with van der Waals surface area (Å²) >= 11 is 0. The van der Waals surface area contributed by atoms with E-state index in [1.54, 1.807) is 0 Å². The molecule has 0 N–H and O–H groups in total. The first-order valence-corrected chi connectivity index (χ1v) is 6.43. The Morgan fingerprint density at radius 2 is 1.53 bits per heavy atom. The van der Waals surface area contributed by atoms with Gasteiger partial charge in [-0.25, -0.2) is 0 Å². The summed E-state index contributed by atoms with van der Waals surface area (Å²) in [4.78, 5) is 4.26. The van der Waals surface area contributed by atoms with Crippen LogP contribution in [0.4, 0.5) is 11.4 Å². The fourth-order valence-electron chi connectivity index (χ4n) is 2.33. The second kappa shape index (κ2) is 5.19. The highest BCUT2D eigenvalue weighted by Gasteiger charge is 2.26. The zero-order valence-electron chi connectivity index (χ0n) is 10.8. The Morgan fingerprint density at radius 1 is 0.895 bits per heavy atom. The van der Waals surface area contributed by atoms with Crippen LogP contribution in [0.25, 0.3) is 0 Å². The zero-order valence-corrected chi connectivity index (χ0v) is 10.8. The zero-order chi connectivity index (χ0) is 13.1. The predicted molar refractivity (Wildman–Crippen MR) is 79.9 cm³/mol. The molecule has 0 saturated heterocycles. The summed E-state index contributed by atoms with van der Waals surface area (Å²) in [6.07, 6.45) is 1.90. The van der Waals surface area contributed by atoms with Gasteiger partial charge in [0.1, 0.15) is 0 Å². The van der Waals surface area contributed by atoms with Crippen LogP contribution in [0.2, 0.25) is 0 Å². The van der Waals surface area contributed by atoms with Gasteiger partial charge in [0.15, 0.2) is 0 Å². The lowest BCUT2D eigenvalue weighted by atomic mass is 10.2. The largest absolute Gasteiger partial charge is 0.336 e. The highest BCUT2D eigenvalue weighted by atomic mass is 15.4. The standard InChI is InChI=1S/C17H16N2/c1-2-12-18-14-19(13-15-8-4-3-5-9-15)17-11-7-6-10-16(17)18/h2-11H,1,12-13H2. The number of anilines is 2. The van der Waals surface area contributed by atoms with Crippen molar-refractivity contribution in [3.8, 4) is 0 Å². The van der Waals surface area contributed by atoms with Crippen molar-refractivity contribution >= 4 is 11.4 Å². The van der Waals surface area contributed by atoms with Gasteiger partial charge in [0, 0.05) is 13.1 Å². The summed E-state index contributed by atoms with van der Waals surface area (Å²) in [5, 5.41) is 0. The van der Waals surface area contributed by atoms with Gasteiger partial charge in [-0.05, 0) is 17.7 Å². The number of rotatable bonds is 4. The van der Waals surface area contributed by atoms with Crippen molar-refractivity contribution in [2.75, 3.05) is 16.3 Å². The summed E-state index contributed by atoms with van der Waals surface area (Å²) < 4.78 is 0. The second-order valence-corrected chi connectivity index (χ2v) is 4.56. The van der Waals surface area contributed by atoms with Crippen LogP contribution in [-0.4, -0.2) is 6.54 Å². The molecule has 0 spiro atoms. The van der Waals surface area contributed by atoms with E-state index < -0.39 is 0 Å². The monoisotopic (exact) mass is 248 g/mol. The molecule has 0 bridgehead atoms. The Morgan fingerprint density at radius 3 is 2.21 bits per heavy atom. The predicted octanol–water partition coefficient (Wildman–Crippen LogP) is 3.70. The lowest BCUT2D eigenvalue weighted by Crippen LogP contribution is -2.24. The van der Waals surface area contributed by atoms with E-state index in [9.17, 15) is 0 Å². The molecule has 3 rings (SSSR count). The molecule has 2 heteroatoms. The summed E-state index contributed by atoms with van der Waals surface area (Å²) in [5.74, 6) is 0. The molecule has 2 nitrogen and oxygen atoms in total. The molecule has 0 unspecified atom stereocenters. The van der Waals surface area contributed by atoms with Crippen LogP contribution in [0.1, 0.15) is 5.56 Å². The molecule has 0 aromatic heterocycles. The molecule has 2 radical (unpaired) electrons. The maximum Gasteiger partial charge on any atom is 0.209 e. The average Bonchev–Trinajstić information content (AvgIpc) is 2.79. The third-order valence-corrected chi connectivity index (χ3v) is 3.20. The van der Waals surface area contributed by atoms with Gasteiger partial charge in [0.05, 0.1) is 11.4 Å². The number of hydrogen-bond acceptors (Lipinski definition) is 2. The van der Waals surface area contributed by atoms with Crippen molar-refractivity contribution in [3.05, 3.63) is 79.5 Å². The van der Waals surface area contributed by atoms with Crippen molar-refractivity contribution in [1.29, 1.82) is 0 Å². The number of para-hydroxylation sites is 2. The molecular formula is C17H16N2. The van der Waals surface area contributed by atoms with Crippen LogP contribution in [-0.2, 0) is 6.54 Å². The topological polar surface area (TPSA) is 6.48 Å². The van der Waals surface area contributed by atoms with Crippen LogP contribution < -0.4 is 9.80 Å². The first kappa shape index (κ1) is 11.8. The Kier molecular flexibility index (Phi) is 3.23. The van der Waals surface area contributed by atoms with Crippen molar-refractivity contribution in [2.24, 2.45) is 0 Å². The maximum absolute atomic E-state index is 3.81. The smallest absolute Gasteiger partial charge is 0.209 e. The van der Waals surface area contributed by atoms with Crippen LogP contribution in [0, 0.1) is 6.67 Å². The fraction of sp³-hybridized carbons (Fsp3) is 0.118. The van der Waals surface area contributed by atoms with Crippen LogP contribution in [0.15, 0.2) is 67.3 Å². The molecule has 0 aliphatic carbocycles. The first-order chi connectivity index (χ1) is 9.38. The number of hydrogen-bond donors (Lipinski definition) is 0. The van der Waals surface area contributed by atoms with Crippen molar-refractivity contribution in [3.63, 3.8) is 0 Å². The first-order valence-electron chi connectivity index (χ1n) is 6.43. The molecule has 2 aromatic carbocycles. The van der Waals surface area contributed by atoms with Gasteiger partial charge in [0.25, 0.3) is 0 Å². The van der Waals surface area contributed by atoms with E-state index in [1.807, 2.05) is 12.1 Å². The van der Waals surface area contributed by atoms with Gasteiger partial charge in [-0.3, -0.25) is 0 Å². The molecule has 19 heavy (non-hydrogen) atoms. The van der Waals surface area contributed by atoms with Crippen molar-refractivity contribution in [2.45, 2.75) is 6.54 Å². The van der Waals surface area contributed by atoms with Crippen LogP contribution in [0.3, 0.4) is 0 Å². The lowest BCUT2D eigenvalue weighted by Gasteiger charge is -2.18. The summed E-state index contributed by atoms with van der Waals surface area (Å²) in [6, 6.07) is 18.8. The Labute approximate surface area is 114 Å². The summed E-state index contributed by atoms with van der Waals surface area (Å²) in [6.45, 7) is 8.83. The van der Waals surface area contributed by atoms with E-state index in [4.69, 9.17) is 0 Å². The van der Waals surface area contributed by atoms with Gasteiger partial charge < -0.3 is 9.80 Å². The molecule has 0 fully saturated rings. The summed E-state index contributed by atoms with van der Waals surface area (Å²) in [5.41, 5.74) is 3.68. The number of nitrogens with zero attached hydrogens (tertiary/aromatic N) is 2.